The molecule has 0 aliphatic heterocycles. The quantitative estimate of drug-likeness (QED) is 0.657. The largest absolute Gasteiger partial charge is 0.283 e. The highest BCUT2D eigenvalue weighted by atomic mass is 35.5. The van der Waals surface area contributed by atoms with Gasteiger partial charge in [0.25, 0.3) is 11.8 Å². The number of carbonyl (C=O) groups excluding carboxylic acids is 2. The third-order valence-corrected chi connectivity index (χ3v) is 3.87. The Morgan fingerprint density at radius 1 is 1.26 bits per heavy atom. The van der Waals surface area contributed by atoms with Gasteiger partial charge in [-0.05, 0) is 30.0 Å². The molecule has 0 bridgehead atoms. The zero-order chi connectivity index (χ0) is 14.4. The number of amides is 2. The molecule has 1 aromatic heterocycles. The van der Waals surface area contributed by atoms with E-state index in [2.05, 4.69) is 10.9 Å². The van der Waals surface area contributed by atoms with Gasteiger partial charge in [-0.25, -0.2) is 0 Å². The number of thiophene rings is 1. The molecule has 8 heteroatoms. The Labute approximate surface area is 129 Å². The summed E-state index contributed by atoms with van der Waals surface area (Å²) in [5.41, 5.74) is 5.27. The van der Waals surface area contributed by atoms with Gasteiger partial charge in [0.05, 0.1) is 0 Å². The Kier molecular flexibility index (Phi) is 6.37. The van der Waals surface area contributed by atoms with E-state index in [1.165, 1.54) is 17.4 Å². The van der Waals surface area contributed by atoms with E-state index in [1.807, 2.05) is 18.4 Å². The summed E-state index contributed by atoms with van der Waals surface area (Å²) in [6.45, 7) is 1.93. The fourth-order valence-corrected chi connectivity index (χ4v) is 2.05. The number of rotatable bonds is 3. The summed E-state index contributed by atoms with van der Waals surface area (Å²) < 4.78 is -0.377. The van der Waals surface area contributed by atoms with E-state index in [4.69, 9.17) is 34.8 Å². The molecule has 0 saturated heterocycles. The Hall–Kier alpha value is -1.01. The summed E-state index contributed by atoms with van der Waals surface area (Å²) >= 11 is 17.6. The van der Waals surface area contributed by atoms with Gasteiger partial charge in [0.15, 0.2) is 0 Å². The van der Waals surface area contributed by atoms with Crippen LogP contribution in [0.25, 0.3) is 6.08 Å². The average molecular weight is 340 g/mol. The molecule has 102 valence electrons. The smallest absolute Gasteiger partial charge is 0.268 e. The zero-order valence-electron chi connectivity index (χ0n) is 9.67. The molecular weight excluding hydrogens is 331 g/mol. The minimum atomic E-state index is -0.796. The summed E-state index contributed by atoms with van der Waals surface area (Å²) in [5, 5.41) is 1.52. The molecule has 2 N–H and O–H groups in total. The molecule has 0 atom stereocenters. The van der Waals surface area contributed by atoms with Crippen LogP contribution in [0.5, 0.6) is 0 Å². The van der Waals surface area contributed by atoms with Crippen LogP contribution in [-0.4, -0.2) is 11.8 Å². The number of hydrogen-bond acceptors (Lipinski definition) is 3. The maximum Gasteiger partial charge on any atom is 0.283 e. The molecule has 4 nitrogen and oxygen atoms in total. The van der Waals surface area contributed by atoms with Crippen molar-refractivity contribution in [3.05, 3.63) is 37.5 Å². The van der Waals surface area contributed by atoms with Crippen molar-refractivity contribution in [1.29, 1.82) is 0 Å². The molecule has 1 aromatic rings. The number of hydrazine groups is 1. The predicted octanol–water partition coefficient (Wildman–Crippen LogP) is 3.10. The van der Waals surface area contributed by atoms with Gasteiger partial charge in [0, 0.05) is 11.0 Å². The molecule has 0 radical (unpaired) electrons. The second-order valence-electron chi connectivity index (χ2n) is 3.32. The summed E-state index contributed by atoms with van der Waals surface area (Å²) in [6, 6.07) is 1.94. The van der Waals surface area contributed by atoms with Crippen LogP contribution in [-0.2, 0) is 9.59 Å². The molecule has 1 heterocycles. The van der Waals surface area contributed by atoms with E-state index < -0.39 is 16.8 Å². The van der Waals surface area contributed by atoms with Crippen molar-refractivity contribution in [2.75, 3.05) is 0 Å². The van der Waals surface area contributed by atoms with Crippen molar-refractivity contribution in [3.8, 4) is 0 Å². The van der Waals surface area contributed by atoms with Crippen LogP contribution in [0.4, 0.5) is 0 Å². The highest BCUT2D eigenvalue weighted by molar-refractivity contribution is 7.11. The van der Waals surface area contributed by atoms with Gasteiger partial charge < -0.3 is 0 Å². The second-order valence-corrected chi connectivity index (χ2v) is 5.59. The average Bonchev–Trinajstić information content (AvgIpc) is 2.77. The van der Waals surface area contributed by atoms with Crippen LogP contribution in [0.1, 0.15) is 10.4 Å². The topological polar surface area (TPSA) is 58.2 Å². The number of hydrogen-bond donors (Lipinski definition) is 2. The van der Waals surface area contributed by atoms with E-state index in [-0.39, 0.29) is 4.49 Å². The van der Waals surface area contributed by atoms with Crippen LogP contribution in [0.15, 0.2) is 27.0 Å². The normalized spacial score (nSPS) is 10.3. The minimum Gasteiger partial charge on any atom is -0.268 e. The van der Waals surface area contributed by atoms with Crippen LogP contribution in [0.2, 0.25) is 0 Å². The number of carbonyl (C=O) groups is 2. The molecule has 0 saturated carbocycles. The second kappa shape index (κ2) is 7.55. The molecule has 0 fully saturated rings. The number of aryl methyl sites for hydroxylation is 1. The standard InChI is InChI=1S/C11H9Cl3N2O2S/c1-6-4-5-19-7(6)2-3-8(17)15-16-11(18)9(12)10(13)14/h2-5H,1H3,(H,15,17)(H,16,18). The fraction of sp³-hybridized carbons (Fsp3) is 0.0909. The first-order valence-corrected chi connectivity index (χ1v) is 6.96. The monoisotopic (exact) mass is 338 g/mol. The first-order valence-electron chi connectivity index (χ1n) is 4.95. The van der Waals surface area contributed by atoms with Crippen LogP contribution in [0, 0.1) is 6.92 Å². The van der Waals surface area contributed by atoms with Gasteiger partial charge in [0.2, 0.25) is 0 Å². The first kappa shape index (κ1) is 16.0. The van der Waals surface area contributed by atoms with Gasteiger partial charge in [-0.2, -0.15) is 0 Å². The minimum absolute atomic E-state index is 0.377. The maximum atomic E-state index is 11.4. The van der Waals surface area contributed by atoms with E-state index in [0.29, 0.717) is 0 Å². The fourth-order valence-electron chi connectivity index (χ4n) is 1.01. The summed E-state index contributed by atoms with van der Waals surface area (Å²) in [4.78, 5) is 23.6. The Balaban J connectivity index is 2.49. The van der Waals surface area contributed by atoms with Crippen molar-refractivity contribution in [3.63, 3.8) is 0 Å². The lowest BCUT2D eigenvalue weighted by Crippen LogP contribution is -2.40. The zero-order valence-corrected chi connectivity index (χ0v) is 12.8. The van der Waals surface area contributed by atoms with E-state index in [9.17, 15) is 9.59 Å². The van der Waals surface area contributed by atoms with E-state index in [0.717, 1.165) is 10.4 Å². The van der Waals surface area contributed by atoms with Gasteiger partial charge in [0.1, 0.15) is 9.52 Å². The van der Waals surface area contributed by atoms with Gasteiger partial charge >= 0.3 is 0 Å². The number of nitrogens with one attached hydrogen (secondary N) is 2. The third-order valence-electron chi connectivity index (χ3n) is 1.95. The Bertz CT molecular complexity index is 548. The Morgan fingerprint density at radius 3 is 2.47 bits per heavy atom. The molecule has 1 rings (SSSR count). The lowest BCUT2D eigenvalue weighted by atomic mass is 10.3. The van der Waals surface area contributed by atoms with Crippen LogP contribution >= 0.6 is 46.1 Å². The molecule has 0 spiro atoms. The summed E-state index contributed by atoms with van der Waals surface area (Å²) in [7, 11) is 0. The maximum absolute atomic E-state index is 11.4. The van der Waals surface area contributed by atoms with Crippen molar-refractivity contribution < 1.29 is 9.59 Å². The van der Waals surface area contributed by atoms with Crippen molar-refractivity contribution >= 4 is 64.0 Å². The molecule has 2 amide bonds. The van der Waals surface area contributed by atoms with Crippen molar-refractivity contribution in [1.82, 2.24) is 10.9 Å². The van der Waals surface area contributed by atoms with Crippen LogP contribution in [0.3, 0.4) is 0 Å². The lowest BCUT2D eigenvalue weighted by Gasteiger charge is -2.03. The van der Waals surface area contributed by atoms with E-state index >= 15 is 0 Å². The van der Waals surface area contributed by atoms with Crippen molar-refractivity contribution in [2.24, 2.45) is 0 Å². The van der Waals surface area contributed by atoms with Crippen LogP contribution < -0.4 is 10.9 Å². The van der Waals surface area contributed by atoms with Gasteiger partial charge in [-0.1, -0.05) is 34.8 Å². The van der Waals surface area contributed by atoms with Gasteiger partial charge in [-0.3, -0.25) is 20.4 Å². The third kappa shape index (κ3) is 5.24. The summed E-state index contributed by atoms with van der Waals surface area (Å²) in [5.74, 6) is -1.30. The molecule has 0 unspecified atom stereocenters. The lowest BCUT2D eigenvalue weighted by molar-refractivity contribution is -0.124. The summed E-state index contributed by atoms with van der Waals surface area (Å²) in [6.07, 6.45) is 2.94. The highest BCUT2D eigenvalue weighted by Gasteiger charge is 2.10. The molecule has 19 heavy (non-hydrogen) atoms. The van der Waals surface area contributed by atoms with Crippen molar-refractivity contribution in [2.45, 2.75) is 6.92 Å². The first-order chi connectivity index (χ1) is 8.91. The Morgan fingerprint density at radius 2 is 1.95 bits per heavy atom. The SMILES string of the molecule is Cc1ccsc1C=CC(=O)NNC(=O)C(Cl)=C(Cl)Cl. The predicted molar refractivity (Wildman–Crippen MR) is 79.0 cm³/mol. The molecule has 0 aromatic carbocycles. The molecule has 0 aliphatic rings. The van der Waals surface area contributed by atoms with E-state index in [1.54, 1.807) is 6.08 Å². The number of halogens is 3. The van der Waals surface area contributed by atoms with Gasteiger partial charge in [-0.15, -0.1) is 11.3 Å². The molecular formula is C11H9Cl3N2O2S. The molecule has 0 aliphatic carbocycles. The highest BCUT2D eigenvalue weighted by Crippen LogP contribution is 2.17.